The number of halogens is 1. The summed E-state index contributed by atoms with van der Waals surface area (Å²) in [5.41, 5.74) is 9.09. The normalized spacial score (nSPS) is 14.8. The molecule has 2 aromatic carbocycles. The summed E-state index contributed by atoms with van der Waals surface area (Å²) in [6.07, 6.45) is 0.865. The van der Waals surface area contributed by atoms with Crippen LogP contribution in [-0.2, 0) is 11.2 Å². The molecule has 6 heteroatoms. The number of carbonyl (C=O) groups is 2. The number of hydrogen-bond acceptors (Lipinski definition) is 3. The highest BCUT2D eigenvalue weighted by Gasteiger charge is 2.25. The molecule has 2 unspecified atom stereocenters. The summed E-state index contributed by atoms with van der Waals surface area (Å²) in [5, 5.41) is 2.84. The monoisotopic (exact) mass is 373 g/mol. The molecule has 1 aliphatic rings. The van der Waals surface area contributed by atoms with E-state index in [1.807, 2.05) is 18.2 Å². The number of hydrogen-bond donors (Lipinski definition) is 2. The molecule has 138 valence electrons. The Balaban J connectivity index is 0.00000243. The molecule has 2 atom stereocenters. The summed E-state index contributed by atoms with van der Waals surface area (Å²) in [6.45, 7) is 4.27. The molecule has 0 bridgehead atoms. The summed E-state index contributed by atoms with van der Waals surface area (Å²) in [5.74, 6) is -0.503. The van der Waals surface area contributed by atoms with Crippen molar-refractivity contribution in [1.82, 2.24) is 0 Å². The lowest BCUT2D eigenvalue weighted by molar-refractivity contribution is -0.119. The summed E-state index contributed by atoms with van der Waals surface area (Å²) >= 11 is 0. The van der Waals surface area contributed by atoms with E-state index in [0.29, 0.717) is 17.8 Å². The predicted molar refractivity (Wildman–Crippen MR) is 107 cm³/mol. The predicted octanol–water partition coefficient (Wildman–Crippen LogP) is 3.23. The summed E-state index contributed by atoms with van der Waals surface area (Å²) in [6, 6.07) is 14.8. The first-order valence-electron chi connectivity index (χ1n) is 8.53. The van der Waals surface area contributed by atoms with Crippen molar-refractivity contribution in [1.29, 1.82) is 0 Å². The van der Waals surface area contributed by atoms with E-state index in [4.69, 9.17) is 5.73 Å². The highest BCUT2D eigenvalue weighted by atomic mass is 35.5. The Morgan fingerprint density at radius 1 is 1.12 bits per heavy atom. The number of nitrogens with zero attached hydrogens (tertiary/aromatic N) is 1. The average molecular weight is 374 g/mol. The van der Waals surface area contributed by atoms with Gasteiger partial charge in [0, 0.05) is 29.5 Å². The molecule has 5 nitrogen and oxygen atoms in total. The first-order chi connectivity index (χ1) is 12.0. The zero-order valence-corrected chi connectivity index (χ0v) is 15.8. The van der Waals surface area contributed by atoms with Crippen LogP contribution in [0.2, 0.25) is 0 Å². The van der Waals surface area contributed by atoms with Gasteiger partial charge in [0.25, 0.3) is 5.91 Å². The first kappa shape index (κ1) is 19.9. The van der Waals surface area contributed by atoms with Gasteiger partial charge in [-0.3, -0.25) is 9.59 Å². The third-order valence-electron chi connectivity index (χ3n) is 4.71. The Hall–Kier alpha value is -2.37. The van der Waals surface area contributed by atoms with E-state index < -0.39 is 0 Å². The van der Waals surface area contributed by atoms with Crippen molar-refractivity contribution in [3.05, 3.63) is 59.7 Å². The second-order valence-electron chi connectivity index (χ2n) is 6.55. The Morgan fingerprint density at radius 3 is 2.58 bits per heavy atom. The van der Waals surface area contributed by atoms with Crippen LogP contribution >= 0.6 is 12.4 Å². The quantitative estimate of drug-likeness (QED) is 0.863. The van der Waals surface area contributed by atoms with Crippen LogP contribution in [0.15, 0.2) is 48.5 Å². The van der Waals surface area contributed by atoms with Gasteiger partial charge in [-0.05, 0) is 43.2 Å². The third-order valence-corrected chi connectivity index (χ3v) is 4.71. The molecule has 0 aromatic heterocycles. The number of para-hydroxylation sites is 1. The van der Waals surface area contributed by atoms with Gasteiger partial charge in [0.1, 0.15) is 0 Å². The number of carbonyl (C=O) groups excluding carboxylic acids is 2. The van der Waals surface area contributed by atoms with Gasteiger partial charge in [0.05, 0.1) is 5.92 Å². The van der Waals surface area contributed by atoms with Crippen molar-refractivity contribution >= 4 is 35.6 Å². The van der Waals surface area contributed by atoms with Gasteiger partial charge in [-0.25, -0.2) is 0 Å². The van der Waals surface area contributed by atoms with E-state index in [1.54, 1.807) is 43.0 Å². The van der Waals surface area contributed by atoms with E-state index in [0.717, 1.165) is 12.1 Å². The van der Waals surface area contributed by atoms with E-state index >= 15 is 0 Å². The van der Waals surface area contributed by atoms with Crippen LogP contribution in [-0.4, -0.2) is 24.4 Å². The van der Waals surface area contributed by atoms with Crippen LogP contribution in [0.4, 0.5) is 11.4 Å². The smallest absolute Gasteiger partial charge is 0.258 e. The zero-order valence-electron chi connectivity index (χ0n) is 14.9. The summed E-state index contributed by atoms with van der Waals surface area (Å²) in [4.78, 5) is 26.8. The lowest BCUT2D eigenvalue weighted by Gasteiger charge is -2.18. The van der Waals surface area contributed by atoms with E-state index in [-0.39, 0.29) is 36.2 Å². The Bertz CT molecular complexity index is 807. The van der Waals surface area contributed by atoms with Gasteiger partial charge < -0.3 is 16.0 Å². The highest BCUT2D eigenvalue weighted by molar-refractivity contribution is 6.08. The van der Waals surface area contributed by atoms with Crippen molar-refractivity contribution < 1.29 is 9.59 Å². The number of rotatable bonds is 4. The fraction of sp³-hybridized carbons (Fsp3) is 0.300. The van der Waals surface area contributed by atoms with Crippen LogP contribution in [0.25, 0.3) is 0 Å². The molecule has 0 saturated heterocycles. The molecule has 2 amide bonds. The number of amides is 2. The Labute approximate surface area is 160 Å². The molecule has 26 heavy (non-hydrogen) atoms. The molecule has 0 spiro atoms. The van der Waals surface area contributed by atoms with Crippen LogP contribution in [0.5, 0.6) is 0 Å². The van der Waals surface area contributed by atoms with Crippen molar-refractivity contribution in [3.8, 4) is 0 Å². The van der Waals surface area contributed by atoms with Crippen molar-refractivity contribution in [3.63, 3.8) is 0 Å². The summed E-state index contributed by atoms with van der Waals surface area (Å²) < 4.78 is 0. The second-order valence-corrected chi connectivity index (χ2v) is 6.55. The molecule has 1 aliphatic heterocycles. The van der Waals surface area contributed by atoms with Crippen molar-refractivity contribution in [2.75, 3.05) is 16.8 Å². The third kappa shape index (κ3) is 4.06. The molecular weight excluding hydrogens is 350 g/mol. The standard InChI is InChI=1S/C20H23N3O2.ClH/c1-13(14(2)21)19(24)22-17-8-5-7-16(12-17)20(25)23-11-10-15-6-3-4-9-18(15)23;/h3-9,12-14H,10-11,21H2,1-2H3,(H,22,24);1H. The van der Waals surface area contributed by atoms with Gasteiger partial charge in [0.2, 0.25) is 5.91 Å². The SMILES string of the molecule is CC(N)C(C)C(=O)Nc1cccc(C(=O)N2CCc3ccccc32)c1.Cl. The number of fused-ring (bicyclic) bond motifs is 1. The largest absolute Gasteiger partial charge is 0.327 e. The maximum atomic E-state index is 12.9. The molecule has 3 rings (SSSR count). The van der Waals surface area contributed by atoms with Gasteiger partial charge >= 0.3 is 0 Å². The van der Waals surface area contributed by atoms with Gasteiger partial charge in [-0.1, -0.05) is 31.2 Å². The average Bonchev–Trinajstić information content (AvgIpc) is 3.04. The number of benzene rings is 2. The molecular formula is C20H24ClN3O2. The molecule has 0 saturated carbocycles. The Morgan fingerprint density at radius 2 is 1.85 bits per heavy atom. The van der Waals surface area contributed by atoms with Crippen LogP contribution in [0, 0.1) is 5.92 Å². The maximum Gasteiger partial charge on any atom is 0.258 e. The highest BCUT2D eigenvalue weighted by Crippen LogP contribution is 2.29. The Kier molecular flexibility index (Phi) is 6.40. The molecule has 2 aromatic rings. The van der Waals surface area contributed by atoms with E-state index in [1.165, 1.54) is 5.56 Å². The van der Waals surface area contributed by atoms with Crippen molar-refractivity contribution in [2.24, 2.45) is 11.7 Å². The van der Waals surface area contributed by atoms with Crippen LogP contribution in [0.1, 0.15) is 29.8 Å². The van der Waals surface area contributed by atoms with Gasteiger partial charge in [0.15, 0.2) is 0 Å². The van der Waals surface area contributed by atoms with Gasteiger partial charge in [-0.15, -0.1) is 12.4 Å². The maximum absolute atomic E-state index is 12.9. The van der Waals surface area contributed by atoms with E-state index in [9.17, 15) is 9.59 Å². The minimum absolute atomic E-state index is 0. The molecule has 0 aliphatic carbocycles. The zero-order chi connectivity index (χ0) is 18.0. The molecule has 3 N–H and O–H groups in total. The number of anilines is 2. The molecule has 0 fully saturated rings. The number of nitrogens with two attached hydrogens (primary N) is 1. The van der Waals surface area contributed by atoms with E-state index in [2.05, 4.69) is 11.4 Å². The fourth-order valence-electron chi connectivity index (χ4n) is 2.93. The first-order valence-corrected chi connectivity index (χ1v) is 8.53. The summed E-state index contributed by atoms with van der Waals surface area (Å²) in [7, 11) is 0. The van der Waals surface area contributed by atoms with Crippen LogP contribution in [0.3, 0.4) is 0 Å². The lowest BCUT2D eigenvalue weighted by Crippen LogP contribution is -2.34. The minimum Gasteiger partial charge on any atom is -0.327 e. The topological polar surface area (TPSA) is 75.4 Å². The van der Waals surface area contributed by atoms with Gasteiger partial charge in [-0.2, -0.15) is 0 Å². The van der Waals surface area contributed by atoms with Crippen LogP contribution < -0.4 is 16.0 Å². The minimum atomic E-state index is -0.301. The fourth-order valence-corrected chi connectivity index (χ4v) is 2.93. The second kappa shape index (κ2) is 8.34. The number of nitrogens with one attached hydrogen (secondary N) is 1. The molecule has 1 heterocycles. The molecule has 0 radical (unpaired) electrons. The lowest BCUT2D eigenvalue weighted by atomic mass is 10.0. The van der Waals surface area contributed by atoms with Crippen molar-refractivity contribution in [2.45, 2.75) is 26.3 Å².